The highest BCUT2D eigenvalue weighted by atomic mass is 19.1. The van der Waals surface area contributed by atoms with Gasteiger partial charge in [-0.2, -0.15) is 0 Å². The van der Waals surface area contributed by atoms with Gasteiger partial charge in [-0.3, -0.25) is 4.79 Å². The zero-order valence-corrected chi connectivity index (χ0v) is 10.9. The Labute approximate surface area is 111 Å². The molecule has 0 N–H and O–H groups in total. The number of Topliss-reactive ketones (excluding diaryl/α,β-unsaturated/α-hetero) is 1. The Bertz CT molecular complexity index is 591. The van der Waals surface area contributed by atoms with Crippen LogP contribution in [0, 0.1) is 12.7 Å². The zero-order chi connectivity index (χ0) is 13.8. The maximum Gasteiger partial charge on any atom is 0.162 e. The molecule has 0 aromatic heterocycles. The molecule has 2 aromatic carbocycles. The number of rotatable bonds is 4. The smallest absolute Gasteiger partial charge is 0.162 e. The number of hydrogen-bond donors (Lipinski definition) is 0. The van der Waals surface area contributed by atoms with Crippen LogP contribution in [0.15, 0.2) is 42.5 Å². The van der Waals surface area contributed by atoms with E-state index in [9.17, 15) is 9.18 Å². The molecule has 0 saturated carbocycles. The Balaban J connectivity index is 2.18. The average Bonchev–Trinajstić information content (AvgIpc) is 2.41. The minimum atomic E-state index is -0.502. The lowest BCUT2D eigenvalue weighted by Gasteiger charge is -2.11. The van der Waals surface area contributed by atoms with Gasteiger partial charge in [0.25, 0.3) is 0 Å². The standard InChI is InChI=1S/C16H15FO2/c1-11-15(9-8-14(12(2)18)16(11)17)19-10-13-6-4-3-5-7-13/h3-9H,10H2,1-2H3. The molecular weight excluding hydrogens is 243 g/mol. The van der Waals surface area contributed by atoms with E-state index in [1.807, 2.05) is 30.3 Å². The van der Waals surface area contributed by atoms with Crippen molar-refractivity contribution in [3.8, 4) is 5.75 Å². The maximum atomic E-state index is 13.9. The number of ether oxygens (including phenoxy) is 1. The fraction of sp³-hybridized carbons (Fsp3) is 0.188. The summed E-state index contributed by atoms with van der Waals surface area (Å²) in [6.45, 7) is 3.34. The van der Waals surface area contributed by atoms with E-state index >= 15 is 0 Å². The first kappa shape index (κ1) is 13.3. The van der Waals surface area contributed by atoms with E-state index in [1.54, 1.807) is 13.0 Å². The van der Waals surface area contributed by atoms with Gasteiger partial charge >= 0.3 is 0 Å². The number of carbonyl (C=O) groups excluding carboxylic acids is 1. The minimum absolute atomic E-state index is 0.101. The van der Waals surface area contributed by atoms with Crippen molar-refractivity contribution in [2.45, 2.75) is 20.5 Å². The molecule has 0 heterocycles. The van der Waals surface area contributed by atoms with Crippen LogP contribution >= 0.6 is 0 Å². The Morgan fingerprint density at radius 3 is 2.47 bits per heavy atom. The predicted octanol–water partition coefficient (Wildman–Crippen LogP) is 3.92. The first-order chi connectivity index (χ1) is 9.09. The molecule has 19 heavy (non-hydrogen) atoms. The third-order valence-corrected chi connectivity index (χ3v) is 2.95. The predicted molar refractivity (Wildman–Crippen MR) is 71.9 cm³/mol. The molecule has 0 aliphatic rings. The zero-order valence-electron chi connectivity index (χ0n) is 10.9. The van der Waals surface area contributed by atoms with Crippen molar-refractivity contribution in [1.82, 2.24) is 0 Å². The largest absolute Gasteiger partial charge is 0.489 e. The van der Waals surface area contributed by atoms with E-state index in [2.05, 4.69) is 0 Å². The summed E-state index contributed by atoms with van der Waals surface area (Å²) in [5.74, 6) is -0.320. The molecule has 0 saturated heterocycles. The summed E-state index contributed by atoms with van der Waals surface area (Å²) in [5.41, 5.74) is 1.48. The second kappa shape index (κ2) is 5.65. The molecule has 2 nitrogen and oxygen atoms in total. The molecule has 3 heteroatoms. The number of benzene rings is 2. The molecule has 0 aliphatic carbocycles. The lowest BCUT2D eigenvalue weighted by atomic mass is 10.1. The van der Waals surface area contributed by atoms with Crippen molar-refractivity contribution in [2.24, 2.45) is 0 Å². The summed E-state index contributed by atoms with van der Waals surface area (Å²) in [7, 11) is 0. The quantitative estimate of drug-likeness (QED) is 0.777. The summed E-state index contributed by atoms with van der Waals surface area (Å²) in [6, 6.07) is 12.8. The van der Waals surface area contributed by atoms with Gasteiger partial charge in [-0.15, -0.1) is 0 Å². The molecule has 0 aliphatic heterocycles. The Kier molecular flexibility index (Phi) is 3.95. The number of carbonyl (C=O) groups is 1. The lowest BCUT2D eigenvalue weighted by Crippen LogP contribution is -2.03. The Morgan fingerprint density at radius 2 is 1.84 bits per heavy atom. The van der Waals surface area contributed by atoms with E-state index in [0.29, 0.717) is 17.9 Å². The van der Waals surface area contributed by atoms with Gasteiger partial charge in [0.1, 0.15) is 18.2 Å². The van der Waals surface area contributed by atoms with Crippen LogP contribution in [0.1, 0.15) is 28.4 Å². The lowest BCUT2D eigenvalue weighted by molar-refractivity contribution is 0.101. The number of ketones is 1. The summed E-state index contributed by atoms with van der Waals surface area (Å²) >= 11 is 0. The highest BCUT2D eigenvalue weighted by Crippen LogP contribution is 2.24. The van der Waals surface area contributed by atoms with Gasteiger partial charge in [0.2, 0.25) is 0 Å². The Hall–Kier alpha value is -2.16. The summed E-state index contributed by atoms with van der Waals surface area (Å²) in [5, 5.41) is 0. The second-order valence-electron chi connectivity index (χ2n) is 4.38. The van der Waals surface area contributed by atoms with Crippen LogP contribution < -0.4 is 4.74 Å². The number of hydrogen-bond acceptors (Lipinski definition) is 2. The van der Waals surface area contributed by atoms with Crippen LogP contribution in [0.4, 0.5) is 4.39 Å². The van der Waals surface area contributed by atoms with Gasteiger partial charge in [-0.25, -0.2) is 4.39 Å². The van der Waals surface area contributed by atoms with Gasteiger partial charge < -0.3 is 4.74 Å². The van der Waals surface area contributed by atoms with Gasteiger partial charge in [0.05, 0.1) is 5.56 Å². The molecule has 0 bridgehead atoms. The molecule has 0 amide bonds. The first-order valence-electron chi connectivity index (χ1n) is 6.06. The van der Waals surface area contributed by atoms with E-state index in [1.165, 1.54) is 13.0 Å². The summed E-state index contributed by atoms with van der Waals surface area (Å²) < 4.78 is 19.5. The van der Waals surface area contributed by atoms with Crippen molar-refractivity contribution in [3.63, 3.8) is 0 Å². The van der Waals surface area contributed by atoms with Gasteiger partial charge in [-0.05, 0) is 31.5 Å². The highest BCUT2D eigenvalue weighted by Gasteiger charge is 2.13. The maximum absolute atomic E-state index is 13.9. The highest BCUT2D eigenvalue weighted by molar-refractivity contribution is 5.94. The summed E-state index contributed by atoms with van der Waals surface area (Å²) in [4.78, 5) is 11.2. The van der Waals surface area contributed by atoms with Crippen molar-refractivity contribution >= 4 is 5.78 Å². The van der Waals surface area contributed by atoms with Crippen LogP contribution in [0.3, 0.4) is 0 Å². The number of halogens is 1. The van der Waals surface area contributed by atoms with Crippen molar-refractivity contribution in [2.75, 3.05) is 0 Å². The normalized spacial score (nSPS) is 10.3. The molecule has 2 rings (SSSR count). The van der Waals surface area contributed by atoms with Crippen LogP contribution in [0.2, 0.25) is 0 Å². The molecule has 0 spiro atoms. The molecular formula is C16H15FO2. The molecule has 0 radical (unpaired) electrons. The van der Waals surface area contributed by atoms with Gasteiger partial charge in [0.15, 0.2) is 5.78 Å². The molecule has 0 fully saturated rings. The third kappa shape index (κ3) is 2.99. The monoisotopic (exact) mass is 258 g/mol. The van der Waals surface area contributed by atoms with E-state index in [4.69, 9.17) is 4.74 Å². The van der Waals surface area contributed by atoms with Crippen LogP contribution in [0.25, 0.3) is 0 Å². The van der Waals surface area contributed by atoms with Crippen LogP contribution in [0.5, 0.6) is 5.75 Å². The first-order valence-corrected chi connectivity index (χ1v) is 6.06. The fourth-order valence-electron chi connectivity index (χ4n) is 1.83. The van der Waals surface area contributed by atoms with E-state index in [-0.39, 0.29) is 11.3 Å². The summed E-state index contributed by atoms with van der Waals surface area (Å²) in [6.07, 6.45) is 0. The van der Waals surface area contributed by atoms with Gasteiger partial charge in [0, 0.05) is 5.56 Å². The van der Waals surface area contributed by atoms with Crippen molar-refractivity contribution in [1.29, 1.82) is 0 Å². The van der Waals surface area contributed by atoms with Gasteiger partial charge in [-0.1, -0.05) is 30.3 Å². The average molecular weight is 258 g/mol. The second-order valence-corrected chi connectivity index (χ2v) is 4.38. The fourth-order valence-corrected chi connectivity index (χ4v) is 1.83. The van der Waals surface area contributed by atoms with Crippen molar-refractivity contribution < 1.29 is 13.9 Å². The van der Waals surface area contributed by atoms with E-state index in [0.717, 1.165) is 5.56 Å². The molecule has 98 valence electrons. The van der Waals surface area contributed by atoms with Crippen molar-refractivity contribution in [3.05, 3.63) is 65.0 Å². The SMILES string of the molecule is CC(=O)c1ccc(OCc2ccccc2)c(C)c1F. The minimum Gasteiger partial charge on any atom is -0.489 e. The molecule has 2 aromatic rings. The van der Waals surface area contributed by atoms with E-state index < -0.39 is 5.82 Å². The van der Waals surface area contributed by atoms with Crippen LogP contribution in [-0.2, 0) is 6.61 Å². The third-order valence-electron chi connectivity index (χ3n) is 2.95. The molecule has 0 unspecified atom stereocenters. The Morgan fingerprint density at radius 1 is 1.16 bits per heavy atom. The topological polar surface area (TPSA) is 26.3 Å². The van der Waals surface area contributed by atoms with Crippen LogP contribution in [-0.4, -0.2) is 5.78 Å². The molecule has 0 atom stereocenters.